The Morgan fingerprint density at radius 3 is 2.58 bits per heavy atom. The molecule has 0 aliphatic heterocycles. The lowest BCUT2D eigenvalue weighted by atomic mass is 10.1. The lowest BCUT2D eigenvalue weighted by Crippen LogP contribution is -2.14. The molecule has 102 valence electrons. The van der Waals surface area contributed by atoms with Crippen molar-refractivity contribution >= 4 is 21.2 Å². The zero-order chi connectivity index (χ0) is 13.7. The molecule has 0 aliphatic carbocycles. The Morgan fingerprint density at radius 1 is 1.05 bits per heavy atom. The summed E-state index contributed by atoms with van der Waals surface area (Å²) < 4.78 is 33.1. The Balaban J connectivity index is 2.21. The van der Waals surface area contributed by atoms with Gasteiger partial charge < -0.3 is 4.18 Å². The Hall–Kier alpha value is -1.59. The summed E-state index contributed by atoms with van der Waals surface area (Å²) in [5.74, 6) is 0.287. The molecule has 0 atom stereocenters. The molecule has 2 rings (SSSR count). The summed E-state index contributed by atoms with van der Waals surface area (Å²) in [6, 6.07) is 12.7. The largest absolute Gasteiger partial charge is 0.449 e. The highest BCUT2D eigenvalue weighted by Crippen LogP contribution is 2.26. The summed E-state index contributed by atoms with van der Waals surface area (Å²) in [5, 5.41) is 1.66. The van der Waals surface area contributed by atoms with Gasteiger partial charge in [0.05, 0.1) is 6.61 Å². The Kier molecular flexibility index (Phi) is 4.39. The predicted molar refractivity (Wildman–Crippen MR) is 74.4 cm³/mol. The van der Waals surface area contributed by atoms with E-state index in [-0.39, 0.29) is 12.4 Å². The Bertz CT molecular complexity index is 644. The van der Waals surface area contributed by atoms with Gasteiger partial charge in [-0.25, -0.2) is 4.18 Å². The highest BCUT2D eigenvalue weighted by Gasteiger charge is 2.15. The van der Waals surface area contributed by atoms with E-state index < -0.39 is 10.4 Å². The number of benzene rings is 2. The standard InChI is InChI=1S/C14H16O4S/c1-2-3-11-17-19(15,16)18-14-10-6-8-12-7-4-5-9-13(12)14/h4-10H,2-3,11H2,1H3. The van der Waals surface area contributed by atoms with E-state index in [0.29, 0.717) is 6.42 Å². The maximum absolute atomic E-state index is 11.7. The molecule has 0 aliphatic rings. The van der Waals surface area contributed by atoms with Crippen LogP contribution >= 0.6 is 0 Å². The SMILES string of the molecule is CCCCOS(=O)(=O)Oc1cccc2ccccc12. The molecular weight excluding hydrogens is 264 g/mol. The normalized spacial score (nSPS) is 11.6. The van der Waals surface area contributed by atoms with Crippen LogP contribution in [0.1, 0.15) is 19.8 Å². The molecule has 0 unspecified atom stereocenters. The summed E-state index contributed by atoms with van der Waals surface area (Å²) >= 11 is 0. The first kappa shape index (κ1) is 13.8. The number of unbranched alkanes of at least 4 members (excludes halogenated alkanes) is 1. The number of hydrogen-bond acceptors (Lipinski definition) is 4. The predicted octanol–water partition coefficient (Wildman–Crippen LogP) is 3.28. The molecule has 0 radical (unpaired) electrons. The fraction of sp³-hybridized carbons (Fsp3) is 0.286. The first-order valence-corrected chi connectivity index (χ1v) is 7.52. The van der Waals surface area contributed by atoms with Crippen LogP contribution in [0.2, 0.25) is 0 Å². The van der Waals surface area contributed by atoms with E-state index in [1.807, 2.05) is 37.3 Å². The van der Waals surface area contributed by atoms with E-state index in [0.717, 1.165) is 17.2 Å². The van der Waals surface area contributed by atoms with Gasteiger partial charge in [-0.15, -0.1) is 0 Å². The third-order valence-electron chi connectivity index (χ3n) is 2.67. The number of fused-ring (bicyclic) bond motifs is 1. The summed E-state index contributed by atoms with van der Waals surface area (Å²) in [4.78, 5) is 0. The third kappa shape index (κ3) is 3.68. The molecular formula is C14H16O4S. The van der Waals surface area contributed by atoms with E-state index >= 15 is 0 Å². The van der Waals surface area contributed by atoms with Gasteiger partial charge in [-0.05, 0) is 17.9 Å². The van der Waals surface area contributed by atoms with E-state index in [9.17, 15) is 8.42 Å². The minimum Gasteiger partial charge on any atom is -0.361 e. The van der Waals surface area contributed by atoms with Crippen molar-refractivity contribution in [1.29, 1.82) is 0 Å². The minimum atomic E-state index is -4.00. The van der Waals surface area contributed by atoms with Crippen LogP contribution in [0.15, 0.2) is 42.5 Å². The van der Waals surface area contributed by atoms with Crippen molar-refractivity contribution in [3.63, 3.8) is 0 Å². The molecule has 0 fully saturated rings. The van der Waals surface area contributed by atoms with E-state index in [4.69, 9.17) is 8.37 Å². The molecule has 19 heavy (non-hydrogen) atoms. The molecule has 0 aromatic heterocycles. The third-order valence-corrected chi connectivity index (χ3v) is 3.51. The molecule has 2 aromatic rings. The van der Waals surface area contributed by atoms with Gasteiger partial charge in [0.2, 0.25) is 0 Å². The van der Waals surface area contributed by atoms with Gasteiger partial charge in [0.15, 0.2) is 5.75 Å². The Morgan fingerprint density at radius 2 is 1.79 bits per heavy atom. The van der Waals surface area contributed by atoms with E-state index in [1.165, 1.54) is 0 Å². The van der Waals surface area contributed by atoms with Crippen LogP contribution in [0.25, 0.3) is 10.8 Å². The zero-order valence-corrected chi connectivity index (χ0v) is 11.5. The average Bonchev–Trinajstić information content (AvgIpc) is 2.39. The summed E-state index contributed by atoms with van der Waals surface area (Å²) in [6.07, 6.45) is 1.54. The van der Waals surface area contributed by atoms with E-state index in [2.05, 4.69) is 0 Å². The Labute approximate surface area is 113 Å². The second-order valence-corrected chi connectivity index (χ2v) is 5.36. The molecule has 0 amide bonds. The molecule has 0 heterocycles. The highest BCUT2D eigenvalue weighted by molar-refractivity contribution is 7.82. The van der Waals surface area contributed by atoms with Crippen molar-refractivity contribution in [3.8, 4) is 5.75 Å². The van der Waals surface area contributed by atoms with Crippen LogP contribution in [0.3, 0.4) is 0 Å². The quantitative estimate of drug-likeness (QED) is 0.762. The van der Waals surface area contributed by atoms with Gasteiger partial charge in [-0.2, -0.15) is 8.42 Å². The summed E-state index contributed by atoms with van der Waals surface area (Å²) in [5.41, 5.74) is 0. The molecule has 0 saturated carbocycles. The second kappa shape index (κ2) is 6.04. The fourth-order valence-electron chi connectivity index (χ4n) is 1.71. The zero-order valence-electron chi connectivity index (χ0n) is 10.7. The first-order chi connectivity index (χ1) is 9.12. The molecule has 2 aromatic carbocycles. The van der Waals surface area contributed by atoms with Crippen molar-refractivity contribution < 1.29 is 16.8 Å². The molecule has 0 saturated heterocycles. The van der Waals surface area contributed by atoms with Crippen LogP contribution in [0.5, 0.6) is 5.75 Å². The van der Waals surface area contributed by atoms with Crippen molar-refractivity contribution in [3.05, 3.63) is 42.5 Å². The van der Waals surface area contributed by atoms with Crippen molar-refractivity contribution in [2.24, 2.45) is 0 Å². The average molecular weight is 280 g/mol. The first-order valence-electron chi connectivity index (χ1n) is 6.19. The smallest absolute Gasteiger partial charge is 0.361 e. The van der Waals surface area contributed by atoms with Crippen LogP contribution in [-0.2, 0) is 14.6 Å². The lowest BCUT2D eigenvalue weighted by molar-refractivity contribution is 0.269. The molecule has 5 heteroatoms. The van der Waals surface area contributed by atoms with Gasteiger partial charge in [-0.1, -0.05) is 49.7 Å². The van der Waals surface area contributed by atoms with Gasteiger partial charge in [0.1, 0.15) is 0 Å². The molecule has 0 bridgehead atoms. The maximum atomic E-state index is 11.7. The van der Waals surface area contributed by atoms with Crippen LogP contribution in [-0.4, -0.2) is 15.0 Å². The topological polar surface area (TPSA) is 52.6 Å². The highest BCUT2D eigenvalue weighted by atomic mass is 32.3. The fourth-order valence-corrected chi connectivity index (χ4v) is 2.44. The van der Waals surface area contributed by atoms with Crippen molar-refractivity contribution in [2.75, 3.05) is 6.61 Å². The van der Waals surface area contributed by atoms with Crippen LogP contribution in [0, 0.1) is 0 Å². The molecule has 4 nitrogen and oxygen atoms in total. The monoisotopic (exact) mass is 280 g/mol. The number of rotatable bonds is 6. The van der Waals surface area contributed by atoms with Gasteiger partial charge in [-0.3, -0.25) is 0 Å². The summed E-state index contributed by atoms with van der Waals surface area (Å²) in [7, 11) is -4.00. The minimum absolute atomic E-state index is 0.142. The van der Waals surface area contributed by atoms with E-state index in [1.54, 1.807) is 12.1 Å². The number of hydrogen-bond donors (Lipinski definition) is 0. The van der Waals surface area contributed by atoms with Crippen molar-refractivity contribution in [1.82, 2.24) is 0 Å². The second-order valence-electron chi connectivity index (χ2n) is 4.14. The van der Waals surface area contributed by atoms with Crippen molar-refractivity contribution in [2.45, 2.75) is 19.8 Å². The van der Waals surface area contributed by atoms with Gasteiger partial charge in [0, 0.05) is 5.39 Å². The van der Waals surface area contributed by atoms with Crippen LogP contribution in [0.4, 0.5) is 0 Å². The van der Waals surface area contributed by atoms with Crippen LogP contribution < -0.4 is 4.18 Å². The maximum Gasteiger partial charge on any atom is 0.449 e. The van der Waals surface area contributed by atoms with Gasteiger partial charge >= 0.3 is 10.4 Å². The summed E-state index contributed by atoms with van der Waals surface area (Å²) in [6.45, 7) is 2.10. The van der Waals surface area contributed by atoms with Gasteiger partial charge in [0.25, 0.3) is 0 Å². The molecule has 0 spiro atoms. The lowest BCUT2D eigenvalue weighted by Gasteiger charge is -2.09. The molecule has 0 N–H and O–H groups in total.